The van der Waals surface area contributed by atoms with Crippen molar-refractivity contribution in [3.05, 3.63) is 53.6 Å². The molecule has 0 unspecified atom stereocenters. The lowest BCUT2D eigenvalue weighted by Crippen LogP contribution is -2.41. The number of ether oxygens (including phenoxy) is 1. The summed E-state index contributed by atoms with van der Waals surface area (Å²) in [5, 5.41) is 5.39. The van der Waals surface area contributed by atoms with Gasteiger partial charge in [-0.15, -0.1) is 0 Å². The molecule has 0 aliphatic carbocycles. The number of morpholine rings is 1. The summed E-state index contributed by atoms with van der Waals surface area (Å²) >= 11 is 0. The van der Waals surface area contributed by atoms with Crippen LogP contribution in [-0.2, 0) is 4.74 Å². The molecule has 0 radical (unpaired) electrons. The summed E-state index contributed by atoms with van der Waals surface area (Å²) in [7, 11) is 0. The quantitative estimate of drug-likeness (QED) is 0.753. The molecular formula is C18H19F3N4O2. The Kier molecular flexibility index (Phi) is 6.25. The predicted octanol–water partition coefficient (Wildman–Crippen LogP) is 2.30. The predicted molar refractivity (Wildman–Crippen MR) is 93.4 cm³/mol. The molecule has 6 nitrogen and oxygen atoms in total. The van der Waals surface area contributed by atoms with Gasteiger partial charge in [0.15, 0.2) is 17.5 Å². The van der Waals surface area contributed by atoms with E-state index < -0.39 is 17.5 Å². The lowest BCUT2D eigenvalue weighted by molar-refractivity contribution is 0.0383. The normalized spacial score (nSPS) is 14.8. The van der Waals surface area contributed by atoms with Crippen molar-refractivity contribution in [2.75, 3.05) is 44.7 Å². The minimum Gasteiger partial charge on any atom is -0.379 e. The smallest absolute Gasteiger partial charge is 0.252 e. The number of halogens is 3. The molecule has 3 rings (SSSR count). The molecule has 1 fully saturated rings. The first-order valence-corrected chi connectivity index (χ1v) is 8.48. The minimum absolute atomic E-state index is 0.249. The molecule has 144 valence electrons. The van der Waals surface area contributed by atoms with E-state index in [4.69, 9.17) is 4.74 Å². The number of hydrogen-bond acceptors (Lipinski definition) is 5. The summed E-state index contributed by atoms with van der Waals surface area (Å²) in [5.41, 5.74) is 0.297. The topological polar surface area (TPSA) is 66.5 Å². The number of aromatic nitrogens is 1. The van der Waals surface area contributed by atoms with Gasteiger partial charge in [0, 0.05) is 32.4 Å². The standard InChI is InChI=1S/C18H19F3N4O2/c19-14-1-2-15(17(21)16(14)20)24-13-9-12(10-22-11-13)18(26)23-3-4-25-5-7-27-8-6-25/h1-2,9-11,24H,3-8H2,(H,23,26). The lowest BCUT2D eigenvalue weighted by Gasteiger charge is -2.26. The van der Waals surface area contributed by atoms with Crippen molar-refractivity contribution in [2.45, 2.75) is 0 Å². The zero-order valence-corrected chi connectivity index (χ0v) is 14.5. The van der Waals surface area contributed by atoms with E-state index in [0.29, 0.717) is 26.3 Å². The molecular weight excluding hydrogens is 361 g/mol. The fraction of sp³-hybridized carbons (Fsp3) is 0.333. The number of nitrogens with zero attached hydrogens (tertiary/aromatic N) is 2. The molecule has 2 heterocycles. The molecule has 1 aliphatic heterocycles. The van der Waals surface area contributed by atoms with Crippen LogP contribution in [0.25, 0.3) is 0 Å². The van der Waals surface area contributed by atoms with Crippen LogP contribution < -0.4 is 10.6 Å². The molecule has 27 heavy (non-hydrogen) atoms. The molecule has 1 amide bonds. The van der Waals surface area contributed by atoms with Crippen molar-refractivity contribution >= 4 is 17.3 Å². The Bertz CT molecular complexity index is 813. The maximum atomic E-state index is 13.8. The van der Waals surface area contributed by atoms with E-state index in [1.807, 2.05) is 0 Å². The highest BCUT2D eigenvalue weighted by Crippen LogP contribution is 2.23. The molecule has 1 aliphatic rings. The van der Waals surface area contributed by atoms with Crippen LogP contribution in [0, 0.1) is 17.5 Å². The molecule has 0 saturated carbocycles. The van der Waals surface area contributed by atoms with E-state index >= 15 is 0 Å². The van der Waals surface area contributed by atoms with Gasteiger partial charge in [-0.3, -0.25) is 14.7 Å². The third-order valence-corrected chi connectivity index (χ3v) is 4.13. The molecule has 2 aromatic rings. The second-order valence-corrected chi connectivity index (χ2v) is 6.02. The van der Waals surface area contributed by atoms with Crippen LogP contribution in [-0.4, -0.2) is 55.2 Å². The van der Waals surface area contributed by atoms with Crippen molar-refractivity contribution in [3.63, 3.8) is 0 Å². The number of pyridine rings is 1. The Morgan fingerprint density at radius 1 is 1.15 bits per heavy atom. The van der Waals surface area contributed by atoms with E-state index in [1.165, 1.54) is 18.5 Å². The van der Waals surface area contributed by atoms with E-state index in [2.05, 4.69) is 20.5 Å². The summed E-state index contributed by atoms with van der Waals surface area (Å²) in [6.07, 6.45) is 2.72. The van der Waals surface area contributed by atoms with Crippen molar-refractivity contribution < 1.29 is 22.7 Å². The molecule has 0 atom stereocenters. The van der Waals surface area contributed by atoms with Crippen LogP contribution in [0.15, 0.2) is 30.6 Å². The minimum atomic E-state index is -1.56. The third-order valence-electron chi connectivity index (χ3n) is 4.13. The molecule has 0 bridgehead atoms. The van der Waals surface area contributed by atoms with Crippen LogP contribution in [0.5, 0.6) is 0 Å². The van der Waals surface area contributed by atoms with Gasteiger partial charge >= 0.3 is 0 Å². The average Bonchev–Trinajstić information content (AvgIpc) is 2.69. The monoisotopic (exact) mass is 380 g/mol. The number of rotatable bonds is 6. The van der Waals surface area contributed by atoms with Gasteiger partial charge in [0.05, 0.1) is 36.3 Å². The Hall–Kier alpha value is -2.65. The first-order valence-electron chi connectivity index (χ1n) is 8.48. The van der Waals surface area contributed by atoms with Crippen molar-refractivity contribution in [1.82, 2.24) is 15.2 Å². The van der Waals surface area contributed by atoms with E-state index in [0.717, 1.165) is 25.2 Å². The van der Waals surface area contributed by atoms with Gasteiger partial charge in [-0.1, -0.05) is 0 Å². The molecule has 9 heteroatoms. The fourth-order valence-electron chi connectivity index (χ4n) is 2.66. The van der Waals surface area contributed by atoms with Crippen LogP contribution >= 0.6 is 0 Å². The van der Waals surface area contributed by atoms with E-state index in [1.54, 1.807) is 0 Å². The number of anilines is 2. The first kappa shape index (κ1) is 19.1. The second-order valence-electron chi connectivity index (χ2n) is 6.02. The largest absolute Gasteiger partial charge is 0.379 e. The zero-order valence-electron chi connectivity index (χ0n) is 14.5. The Labute approximate surface area is 154 Å². The molecule has 0 spiro atoms. The van der Waals surface area contributed by atoms with Crippen LogP contribution in [0.4, 0.5) is 24.5 Å². The summed E-state index contributed by atoms with van der Waals surface area (Å²) in [6.45, 7) is 4.21. The van der Waals surface area contributed by atoms with Gasteiger partial charge in [0.1, 0.15) is 0 Å². The second kappa shape index (κ2) is 8.83. The van der Waals surface area contributed by atoms with Crippen LogP contribution in [0.1, 0.15) is 10.4 Å². The highest BCUT2D eigenvalue weighted by Gasteiger charge is 2.15. The van der Waals surface area contributed by atoms with Gasteiger partial charge in [-0.25, -0.2) is 13.2 Å². The van der Waals surface area contributed by atoms with Gasteiger partial charge in [0.2, 0.25) is 0 Å². The summed E-state index contributed by atoms with van der Waals surface area (Å²) < 4.78 is 45.3. The van der Waals surface area contributed by atoms with Crippen LogP contribution in [0.3, 0.4) is 0 Å². The van der Waals surface area contributed by atoms with Gasteiger partial charge < -0.3 is 15.4 Å². The Balaban J connectivity index is 1.59. The SMILES string of the molecule is O=C(NCCN1CCOCC1)c1cncc(Nc2ccc(F)c(F)c2F)c1. The summed E-state index contributed by atoms with van der Waals surface area (Å²) in [6, 6.07) is 3.34. The van der Waals surface area contributed by atoms with E-state index in [9.17, 15) is 18.0 Å². The van der Waals surface area contributed by atoms with Crippen molar-refractivity contribution in [2.24, 2.45) is 0 Å². The maximum Gasteiger partial charge on any atom is 0.252 e. The summed E-state index contributed by atoms with van der Waals surface area (Å²) in [4.78, 5) is 18.4. The zero-order chi connectivity index (χ0) is 19.2. The number of hydrogen-bond donors (Lipinski definition) is 2. The molecule has 2 N–H and O–H groups in total. The lowest BCUT2D eigenvalue weighted by atomic mass is 10.2. The molecule has 1 aromatic heterocycles. The average molecular weight is 380 g/mol. The van der Waals surface area contributed by atoms with Crippen molar-refractivity contribution in [1.29, 1.82) is 0 Å². The Morgan fingerprint density at radius 2 is 1.93 bits per heavy atom. The Morgan fingerprint density at radius 3 is 2.70 bits per heavy atom. The number of carbonyl (C=O) groups is 1. The number of nitrogens with one attached hydrogen (secondary N) is 2. The molecule has 1 aromatic carbocycles. The maximum absolute atomic E-state index is 13.8. The number of carbonyl (C=O) groups excluding carboxylic acids is 1. The van der Waals surface area contributed by atoms with E-state index in [-0.39, 0.29) is 22.8 Å². The van der Waals surface area contributed by atoms with Gasteiger partial charge in [-0.2, -0.15) is 0 Å². The van der Waals surface area contributed by atoms with Crippen LogP contribution in [0.2, 0.25) is 0 Å². The number of amides is 1. The number of benzene rings is 1. The highest BCUT2D eigenvalue weighted by atomic mass is 19.2. The third kappa shape index (κ3) is 4.95. The molecule has 1 saturated heterocycles. The van der Waals surface area contributed by atoms with Gasteiger partial charge in [0.25, 0.3) is 5.91 Å². The highest BCUT2D eigenvalue weighted by molar-refractivity contribution is 5.94. The summed E-state index contributed by atoms with van der Waals surface area (Å²) in [5.74, 6) is -4.50. The van der Waals surface area contributed by atoms with Crippen molar-refractivity contribution in [3.8, 4) is 0 Å². The fourth-order valence-corrected chi connectivity index (χ4v) is 2.66. The first-order chi connectivity index (χ1) is 13.0. The van der Waals surface area contributed by atoms with Gasteiger partial charge in [-0.05, 0) is 18.2 Å².